The average molecular weight is 358 g/mol. The first kappa shape index (κ1) is 18.3. The van der Waals surface area contributed by atoms with Crippen molar-refractivity contribution in [2.75, 3.05) is 32.6 Å². The number of hydrogen-bond acceptors (Lipinski definition) is 5. The molecule has 1 atom stereocenters. The molecular weight excluding hydrogens is 332 g/mol. The summed E-state index contributed by atoms with van der Waals surface area (Å²) in [6, 6.07) is 5.76. The second-order valence-corrected chi connectivity index (χ2v) is 6.56. The summed E-state index contributed by atoms with van der Waals surface area (Å²) >= 11 is 0. The second kappa shape index (κ2) is 8.23. The number of ether oxygens (including phenoxy) is 2. The van der Waals surface area contributed by atoms with Crippen LogP contribution in [0.15, 0.2) is 24.4 Å². The minimum Gasteiger partial charge on any atom is -0.493 e. The first-order chi connectivity index (χ1) is 12.6. The Morgan fingerprint density at radius 1 is 1.35 bits per heavy atom. The lowest BCUT2D eigenvalue weighted by atomic mass is 9.99. The predicted octanol–water partition coefficient (Wildman–Crippen LogP) is 2.20. The Morgan fingerprint density at radius 3 is 2.85 bits per heavy atom. The van der Waals surface area contributed by atoms with E-state index in [9.17, 15) is 4.79 Å². The van der Waals surface area contributed by atoms with Gasteiger partial charge in [-0.3, -0.25) is 4.79 Å². The molecule has 140 valence electrons. The summed E-state index contributed by atoms with van der Waals surface area (Å²) in [6.45, 7) is 4.20. The molecule has 2 aromatic rings. The molecule has 1 unspecified atom stereocenters. The second-order valence-electron chi connectivity index (χ2n) is 6.56. The zero-order valence-electron chi connectivity index (χ0n) is 15.5. The number of benzene rings is 1. The predicted molar refractivity (Wildman–Crippen MR) is 99.8 cm³/mol. The van der Waals surface area contributed by atoms with Gasteiger partial charge in [0.2, 0.25) is 5.91 Å². The van der Waals surface area contributed by atoms with Gasteiger partial charge in [0.25, 0.3) is 0 Å². The third-order valence-electron chi connectivity index (χ3n) is 4.71. The molecule has 2 N–H and O–H groups in total. The third kappa shape index (κ3) is 3.99. The van der Waals surface area contributed by atoms with Crippen molar-refractivity contribution in [1.82, 2.24) is 15.1 Å². The summed E-state index contributed by atoms with van der Waals surface area (Å²) in [4.78, 5) is 12.6. The summed E-state index contributed by atoms with van der Waals surface area (Å²) in [7, 11) is 3.23. The zero-order valence-corrected chi connectivity index (χ0v) is 15.5. The summed E-state index contributed by atoms with van der Waals surface area (Å²) in [6.07, 6.45) is 3.72. The molecule has 0 spiro atoms. The highest BCUT2D eigenvalue weighted by molar-refractivity contribution is 5.92. The van der Waals surface area contributed by atoms with Crippen molar-refractivity contribution in [1.29, 1.82) is 0 Å². The van der Waals surface area contributed by atoms with E-state index in [0.717, 1.165) is 42.9 Å². The van der Waals surface area contributed by atoms with Gasteiger partial charge in [-0.1, -0.05) is 6.07 Å². The molecule has 7 heteroatoms. The fraction of sp³-hybridized carbons (Fsp3) is 0.474. The summed E-state index contributed by atoms with van der Waals surface area (Å²) in [5.41, 5.74) is 1.96. The van der Waals surface area contributed by atoms with E-state index in [1.165, 1.54) is 0 Å². The quantitative estimate of drug-likeness (QED) is 0.828. The fourth-order valence-corrected chi connectivity index (χ4v) is 3.21. The number of carbonyl (C=O) groups is 1. The summed E-state index contributed by atoms with van der Waals surface area (Å²) in [5.74, 6) is 2.16. The Balaban J connectivity index is 1.76. The van der Waals surface area contributed by atoms with Gasteiger partial charge in [-0.05, 0) is 44.0 Å². The van der Waals surface area contributed by atoms with Crippen LogP contribution in [0.1, 0.15) is 24.0 Å². The van der Waals surface area contributed by atoms with Crippen LogP contribution in [0.5, 0.6) is 11.5 Å². The van der Waals surface area contributed by atoms with Crippen LogP contribution in [0.2, 0.25) is 0 Å². The topological polar surface area (TPSA) is 77.4 Å². The van der Waals surface area contributed by atoms with Crippen molar-refractivity contribution >= 4 is 11.7 Å². The van der Waals surface area contributed by atoms with Crippen LogP contribution in [0.25, 0.3) is 0 Å². The Kier molecular flexibility index (Phi) is 5.78. The molecule has 0 aliphatic carbocycles. The van der Waals surface area contributed by atoms with Crippen LogP contribution >= 0.6 is 0 Å². The van der Waals surface area contributed by atoms with Crippen molar-refractivity contribution in [2.45, 2.75) is 26.3 Å². The highest BCUT2D eigenvalue weighted by Crippen LogP contribution is 2.28. The molecule has 1 fully saturated rings. The molecule has 2 heterocycles. The zero-order chi connectivity index (χ0) is 18.5. The van der Waals surface area contributed by atoms with Gasteiger partial charge < -0.3 is 20.1 Å². The first-order valence-corrected chi connectivity index (χ1v) is 8.87. The van der Waals surface area contributed by atoms with E-state index in [0.29, 0.717) is 18.0 Å². The molecule has 0 bridgehead atoms. The van der Waals surface area contributed by atoms with Crippen molar-refractivity contribution < 1.29 is 14.3 Å². The molecule has 26 heavy (non-hydrogen) atoms. The number of aryl methyl sites for hydroxylation is 1. The summed E-state index contributed by atoms with van der Waals surface area (Å²) in [5, 5.41) is 10.8. The Labute approximate surface area is 153 Å². The van der Waals surface area contributed by atoms with E-state index in [4.69, 9.17) is 9.47 Å². The van der Waals surface area contributed by atoms with Crippen molar-refractivity contribution in [3.8, 4) is 11.5 Å². The van der Waals surface area contributed by atoms with Crippen LogP contribution in [0.3, 0.4) is 0 Å². The van der Waals surface area contributed by atoms with E-state index in [2.05, 4.69) is 15.7 Å². The number of piperidine rings is 1. The third-order valence-corrected chi connectivity index (χ3v) is 4.71. The van der Waals surface area contributed by atoms with Crippen LogP contribution in [-0.2, 0) is 11.3 Å². The maximum atomic E-state index is 12.6. The number of nitrogens with zero attached hydrogens (tertiary/aromatic N) is 2. The highest BCUT2D eigenvalue weighted by Gasteiger charge is 2.22. The number of nitrogens with one attached hydrogen (secondary N) is 2. The maximum Gasteiger partial charge on any atom is 0.229 e. The van der Waals surface area contributed by atoms with Gasteiger partial charge in [0, 0.05) is 12.1 Å². The lowest BCUT2D eigenvalue weighted by molar-refractivity contribution is -0.120. The van der Waals surface area contributed by atoms with Crippen molar-refractivity contribution in [2.24, 2.45) is 5.92 Å². The number of anilines is 1. The number of rotatable bonds is 6. The average Bonchev–Trinajstić information content (AvgIpc) is 3.02. The Hall–Kier alpha value is -2.54. The van der Waals surface area contributed by atoms with E-state index in [1.54, 1.807) is 20.4 Å². The largest absolute Gasteiger partial charge is 0.493 e. The molecule has 3 rings (SSSR count). The molecule has 1 aromatic carbocycles. The smallest absolute Gasteiger partial charge is 0.229 e. The number of aromatic nitrogens is 2. The Morgan fingerprint density at radius 2 is 2.15 bits per heavy atom. The molecule has 1 saturated heterocycles. The van der Waals surface area contributed by atoms with Gasteiger partial charge in [0.1, 0.15) is 5.82 Å². The Bertz CT molecular complexity index is 766. The lowest BCUT2D eigenvalue weighted by Gasteiger charge is -2.22. The number of carbonyl (C=O) groups excluding carboxylic acids is 1. The monoisotopic (exact) mass is 358 g/mol. The van der Waals surface area contributed by atoms with E-state index >= 15 is 0 Å². The fourth-order valence-electron chi connectivity index (χ4n) is 3.21. The first-order valence-electron chi connectivity index (χ1n) is 8.87. The molecule has 1 amide bonds. The lowest BCUT2D eigenvalue weighted by Crippen LogP contribution is -2.37. The minimum atomic E-state index is 0.00702. The molecule has 1 aliphatic heterocycles. The van der Waals surface area contributed by atoms with Gasteiger partial charge in [-0.2, -0.15) is 5.10 Å². The van der Waals surface area contributed by atoms with Gasteiger partial charge in [0.15, 0.2) is 11.5 Å². The molecule has 0 saturated carbocycles. The van der Waals surface area contributed by atoms with Crippen LogP contribution < -0.4 is 20.1 Å². The highest BCUT2D eigenvalue weighted by atomic mass is 16.5. The van der Waals surface area contributed by atoms with Crippen molar-refractivity contribution in [3.63, 3.8) is 0 Å². The SMILES string of the molecule is COc1ccc(Cn2ncc(C)c2NC(=O)C2CCCNC2)cc1OC. The minimum absolute atomic E-state index is 0.00702. The van der Waals surface area contributed by atoms with Crippen LogP contribution in [0.4, 0.5) is 5.82 Å². The number of amides is 1. The molecular formula is C19H26N4O3. The van der Waals surface area contributed by atoms with Crippen LogP contribution in [-0.4, -0.2) is 43.0 Å². The van der Waals surface area contributed by atoms with Crippen molar-refractivity contribution in [3.05, 3.63) is 35.5 Å². The normalized spacial score (nSPS) is 17.0. The van der Waals surface area contributed by atoms with Crippen LogP contribution in [0, 0.1) is 12.8 Å². The van der Waals surface area contributed by atoms with Gasteiger partial charge in [0.05, 0.1) is 32.9 Å². The van der Waals surface area contributed by atoms with Gasteiger partial charge in [-0.25, -0.2) is 4.68 Å². The molecule has 1 aromatic heterocycles. The molecule has 7 nitrogen and oxygen atoms in total. The van der Waals surface area contributed by atoms with Gasteiger partial charge in [-0.15, -0.1) is 0 Å². The number of hydrogen-bond donors (Lipinski definition) is 2. The summed E-state index contributed by atoms with van der Waals surface area (Å²) < 4.78 is 12.5. The van der Waals surface area contributed by atoms with E-state index in [-0.39, 0.29) is 11.8 Å². The number of methoxy groups -OCH3 is 2. The van der Waals surface area contributed by atoms with Gasteiger partial charge >= 0.3 is 0 Å². The van der Waals surface area contributed by atoms with E-state index < -0.39 is 0 Å². The standard InChI is InChI=1S/C19H26N4O3/c1-13-10-21-23(12-14-6-7-16(25-2)17(9-14)26-3)18(13)22-19(24)15-5-4-8-20-11-15/h6-7,9-10,15,20H,4-5,8,11-12H2,1-3H3,(H,22,24). The molecule has 0 radical (unpaired) electrons. The van der Waals surface area contributed by atoms with E-state index in [1.807, 2.05) is 29.8 Å². The maximum absolute atomic E-state index is 12.6. The molecule has 1 aliphatic rings.